The van der Waals surface area contributed by atoms with E-state index in [2.05, 4.69) is 22.5 Å². The molecular weight excluding hydrogens is 404 g/mol. The number of guanidine groups is 1. The maximum atomic E-state index is 12.2. The van der Waals surface area contributed by atoms with Crippen LogP contribution in [0.5, 0.6) is 11.5 Å². The van der Waals surface area contributed by atoms with E-state index in [1.165, 1.54) is 0 Å². The summed E-state index contributed by atoms with van der Waals surface area (Å²) in [4.78, 5) is 18.1. The lowest BCUT2D eigenvalue weighted by Crippen LogP contribution is -2.39. The van der Waals surface area contributed by atoms with Gasteiger partial charge < -0.3 is 25.0 Å². The minimum Gasteiger partial charge on any atom is -0.490 e. The highest BCUT2D eigenvalue weighted by Gasteiger charge is 2.13. The van der Waals surface area contributed by atoms with Crippen LogP contribution < -0.4 is 20.1 Å². The van der Waals surface area contributed by atoms with Crippen molar-refractivity contribution in [1.82, 2.24) is 15.5 Å². The molecule has 7 nitrogen and oxygen atoms in total. The second kappa shape index (κ2) is 12.6. The highest BCUT2D eigenvalue weighted by molar-refractivity contribution is 5.94. The average Bonchev–Trinajstić information content (AvgIpc) is 2.79. The van der Waals surface area contributed by atoms with Crippen molar-refractivity contribution in [1.29, 1.82) is 0 Å². The predicted molar refractivity (Wildman–Crippen MR) is 130 cm³/mol. The van der Waals surface area contributed by atoms with Gasteiger partial charge in [0.25, 0.3) is 5.91 Å². The first-order chi connectivity index (χ1) is 15.4. The van der Waals surface area contributed by atoms with Gasteiger partial charge in [-0.2, -0.15) is 0 Å². The first-order valence-corrected chi connectivity index (χ1v) is 11.1. The molecule has 2 aromatic rings. The summed E-state index contributed by atoms with van der Waals surface area (Å²) in [6.07, 6.45) is 0.779. The molecule has 1 atom stereocenters. The van der Waals surface area contributed by atoms with Crippen LogP contribution in [0.2, 0.25) is 0 Å². The molecule has 0 bridgehead atoms. The van der Waals surface area contributed by atoms with Crippen molar-refractivity contribution >= 4 is 11.9 Å². The van der Waals surface area contributed by atoms with Gasteiger partial charge in [-0.3, -0.25) is 9.79 Å². The summed E-state index contributed by atoms with van der Waals surface area (Å²) in [6.45, 7) is 7.86. The van der Waals surface area contributed by atoms with Gasteiger partial charge in [-0.25, -0.2) is 0 Å². The summed E-state index contributed by atoms with van der Waals surface area (Å²) in [5.41, 5.74) is 2.88. The molecule has 0 aliphatic carbocycles. The third kappa shape index (κ3) is 7.18. The number of hydrogen-bond acceptors (Lipinski definition) is 4. The average molecular weight is 441 g/mol. The number of rotatable bonds is 10. The SMILES string of the molecule is CCOc1ccc(C(C)NC(=NC)NCCc2cccc(C(=O)N(C)C)c2)cc1OCC. The molecule has 32 heavy (non-hydrogen) atoms. The second-order valence-corrected chi connectivity index (χ2v) is 7.59. The van der Waals surface area contributed by atoms with Crippen molar-refractivity contribution in [3.63, 3.8) is 0 Å². The second-order valence-electron chi connectivity index (χ2n) is 7.59. The maximum Gasteiger partial charge on any atom is 0.253 e. The van der Waals surface area contributed by atoms with E-state index in [9.17, 15) is 4.79 Å². The Hall–Kier alpha value is -3.22. The molecule has 0 spiro atoms. The molecule has 0 heterocycles. The Morgan fingerprint density at radius 3 is 2.44 bits per heavy atom. The number of amides is 1. The summed E-state index contributed by atoms with van der Waals surface area (Å²) in [7, 11) is 5.27. The lowest BCUT2D eigenvalue weighted by molar-refractivity contribution is 0.0827. The normalized spacial score (nSPS) is 12.1. The fraction of sp³-hybridized carbons (Fsp3) is 0.440. The van der Waals surface area contributed by atoms with E-state index in [0.29, 0.717) is 31.3 Å². The van der Waals surface area contributed by atoms with Gasteiger partial charge in [0.15, 0.2) is 17.5 Å². The predicted octanol–water partition coefficient (Wildman–Crippen LogP) is 3.65. The van der Waals surface area contributed by atoms with Crippen molar-refractivity contribution in [3.05, 3.63) is 59.2 Å². The fourth-order valence-corrected chi connectivity index (χ4v) is 3.26. The van der Waals surface area contributed by atoms with Crippen LogP contribution in [0.4, 0.5) is 0 Å². The Morgan fingerprint density at radius 2 is 1.78 bits per heavy atom. The van der Waals surface area contributed by atoms with E-state index < -0.39 is 0 Å². The Labute approximate surface area is 191 Å². The summed E-state index contributed by atoms with van der Waals surface area (Å²) in [5, 5.41) is 6.77. The van der Waals surface area contributed by atoms with E-state index in [0.717, 1.165) is 29.0 Å². The summed E-state index contributed by atoms with van der Waals surface area (Å²) < 4.78 is 11.4. The van der Waals surface area contributed by atoms with Crippen molar-refractivity contribution < 1.29 is 14.3 Å². The topological polar surface area (TPSA) is 75.2 Å². The number of ether oxygens (including phenoxy) is 2. The van der Waals surface area contributed by atoms with E-state index >= 15 is 0 Å². The number of benzene rings is 2. The lowest BCUT2D eigenvalue weighted by atomic mass is 10.1. The highest BCUT2D eigenvalue weighted by Crippen LogP contribution is 2.30. The van der Waals surface area contributed by atoms with Gasteiger partial charge >= 0.3 is 0 Å². The molecule has 2 aromatic carbocycles. The van der Waals surface area contributed by atoms with Gasteiger partial charge in [0.1, 0.15) is 0 Å². The quantitative estimate of drug-likeness (QED) is 0.436. The lowest BCUT2D eigenvalue weighted by Gasteiger charge is -2.20. The number of carbonyl (C=O) groups is 1. The zero-order chi connectivity index (χ0) is 23.5. The van der Waals surface area contributed by atoms with Crippen LogP contribution in [-0.2, 0) is 6.42 Å². The number of carbonyl (C=O) groups excluding carboxylic acids is 1. The number of nitrogens with zero attached hydrogens (tertiary/aromatic N) is 2. The van der Waals surface area contributed by atoms with Gasteiger partial charge in [0, 0.05) is 33.3 Å². The van der Waals surface area contributed by atoms with Crippen molar-refractivity contribution in [3.8, 4) is 11.5 Å². The van der Waals surface area contributed by atoms with Gasteiger partial charge in [-0.15, -0.1) is 0 Å². The molecule has 0 aromatic heterocycles. The van der Waals surface area contributed by atoms with Gasteiger partial charge in [-0.05, 0) is 62.6 Å². The van der Waals surface area contributed by atoms with Crippen LogP contribution in [0.3, 0.4) is 0 Å². The van der Waals surface area contributed by atoms with E-state index in [1.54, 1.807) is 26.0 Å². The zero-order valence-electron chi connectivity index (χ0n) is 20.1. The zero-order valence-corrected chi connectivity index (χ0v) is 20.1. The molecule has 0 saturated carbocycles. The molecule has 174 valence electrons. The number of hydrogen-bond donors (Lipinski definition) is 2. The Balaban J connectivity index is 1.96. The molecule has 0 radical (unpaired) electrons. The van der Waals surface area contributed by atoms with Crippen LogP contribution in [0.25, 0.3) is 0 Å². The highest BCUT2D eigenvalue weighted by atomic mass is 16.5. The largest absolute Gasteiger partial charge is 0.490 e. The molecule has 1 unspecified atom stereocenters. The minimum absolute atomic E-state index is 0.00730. The minimum atomic E-state index is 0.00730. The van der Waals surface area contributed by atoms with Gasteiger partial charge in [0.2, 0.25) is 0 Å². The third-order valence-corrected chi connectivity index (χ3v) is 4.93. The van der Waals surface area contributed by atoms with Crippen LogP contribution in [0.15, 0.2) is 47.5 Å². The molecule has 2 N–H and O–H groups in total. The molecule has 0 aliphatic rings. The standard InChI is InChI=1S/C25H36N4O3/c1-7-31-22-13-12-20(17-23(22)32-8-2)18(3)28-25(26-4)27-15-14-19-10-9-11-21(16-19)24(30)29(5)6/h9-13,16-18H,7-8,14-15H2,1-6H3,(H2,26,27,28). The summed E-state index contributed by atoms with van der Waals surface area (Å²) >= 11 is 0. The first-order valence-electron chi connectivity index (χ1n) is 11.1. The monoisotopic (exact) mass is 440 g/mol. The summed E-state index contributed by atoms with van der Waals surface area (Å²) in [5.74, 6) is 2.22. The fourth-order valence-electron chi connectivity index (χ4n) is 3.26. The van der Waals surface area contributed by atoms with Gasteiger partial charge in [-0.1, -0.05) is 18.2 Å². The summed E-state index contributed by atoms with van der Waals surface area (Å²) in [6, 6.07) is 13.7. The molecule has 0 fully saturated rings. The van der Waals surface area contributed by atoms with E-state index in [4.69, 9.17) is 9.47 Å². The Kier molecular flexibility index (Phi) is 9.85. The molecule has 0 aliphatic heterocycles. The smallest absolute Gasteiger partial charge is 0.253 e. The number of aliphatic imine (C=N–C) groups is 1. The van der Waals surface area contributed by atoms with Crippen LogP contribution in [0.1, 0.15) is 48.3 Å². The van der Waals surface area contributed by atoms with Crippen molar-refractivity contribution in [2.75, 3.05) is 40.9 Å². The molecular formula is C25H36N4O3. The Bertz CT molecular complexity index is 912. The van der Waals surface area contributed by atoms with Crippen LogP contribution in [-0.4, -0.2) is 57.7 Å². The molecule has 1 amide bonds. The van der Waals surface area contributed by atoms with Crippen LogP contribution in [0, 0.1) is 0 Å². The molecule has 2 rings (SSSR count). The van der Waals surface area contributed by atoms with E-state index in [1.807, 2.05) is 56.3 Å². The molecule has 0 saturated heterocycles. The Morgan fingerprint density at radius 1 is 1.06 bits per heavy atom. The van der Waals surface area contributed by atoms with Crippen molar-refractivity contribution in [2.24, 2.45) is 4.99 Å². The third-order valence-electron chi connectivity index (χ3n) is 4.93. The molecule has 7 heteroatoms. The van der Waals surface area contributed by atoms with Crippen molar-refractivity contribution in [2.45, 2.75) is 33.2 Å². The maximum absolute atomic E-state index is 12.2. The first kappa shape index (κ1) is 25.0. The number of nitrogens with one attached hydrogen (secondary N) is 2. The van der Waals surface area contributed by atoms with Crippen LogP contribution >= 0.6 is 0 Å². The van der Waals surface area contributed by atoms with Gasteiger partial charge in [0.05, 0.1) is 19.3 Å². The van der Waals surface area contributed by atoms with E-state index in [-0.39, 0.29) is 11.9 Å².